The predicted octanol–water partition coefficient (Wildman–Crippen LogP) is 1.64. The summed E-state index contributed by atoms with van der Waals surface area (Å²) >= 11 is 0. The molecule has 0 rings (SSSR count). The minimum Gasteiger partial charge on any atom is -0.466 e. The Balaban J connectivity index is 4.12. The molecule has 0 spiro atoms. The predicted molar refractivity (Wildman–Crippen MR) is 68.8 cm³/mol. The molecular weight excluding hydrogens is 218 g/mol. The Hall–Kier alpha value is -0.870. The number of nitrogens with one attached hydrogen (secondary N) is 1. The minimum absolute atomic E-state index is 0.282. The summed E-state index contributed by atoms with van der Waals surface area (Å²) in [6, 6.07) is 0. The van der Waals surface area contributed by atoms with E-state index in [1.54, 1.807) is 0 Å². The van der Waals surface area contributed by atoms with Gasteiger partial charge in [0.1, 0.15) is 0 Å². The van der Waals surface area contributed by atoms with Gasteiger partial charge in [-0.2, -0.15) is 0 Å². The van der Waals surface area contributed by atoms with Crippen molar-refractivity contribution in [2.45, 2.75) is 45.6 Å². The van der Waals surface area contributed by atoms with Crippen LogP contribution in [0.15, 0.2) is 11.6 Å². The molecule has 0 saturated heterocycles. The Labute approximate surface area is 104 Å². The number of aliphatic hydroxyl groups is 1. The van der Waals surface area contributed by atoms with Crippen LogP contribution in [0.25, 0.3) is 0 Å². The Kier molecular flexibility index (Phi) is 7.83. The van der Waals surface area contributed by atoms with Gasteiger partial charge in [-0.05, 0) is 19.3 Å². The molecule has 2 N–H and O–H groups in total. The van der Waals surface area contributed by atoms with Crippen LogP contribution in [0.3, 0.4) is 0 Å². The van der Waals surface area contributed by atoms with Crippen molar-refractivity contribution in [1.82, 2.24) is 5.32 Å². The third-order valence-electron chi connectivity index (χ3n) is 3.09. The number of methoxy groups -OCH3 is 1. The molecule has 0 atom stereocenters. The van der Waals surface area contributed by atoms with Crippen molar-refractivity contribution in [3.63, 3.8) is 0 Å². The van der Waals surface area contributed by atoms with Crippen LogP contribution in [0.1, 0.15) is 40.0 Å². The molecule has 0 aliphatic heterocycles. The van der Waals surface area contributed by atoms with Crippen molar-refractivity contribution in [3.05, 3.63) is 11.6 Å². The monoisotopic (exact) mass is 243 g/mol. The summed E-state index contributed by atoms with van der Waals surface area (Å²) in [4.78, 5) is 11.3. The zero-order chi connectivity index (χ0) is 13.3. The fourth-order valence-electron chi connectivity index (χ4n) is 1.50. The van der Waals surface area contributed by atoms with Crippen molar-refractivity contribution in [2.75, 3.05) is 20.2 Å². The number of esters is 1. The van der Waals surface area contributed by atoms with Gasteiger partial charge < -0.3 is 15.2 Å². The second kappa shape index (κ2) is 8.25. The van der Waals surface area contributed by atoms with E-state index in [1.807, 2.05) is 26.8 Å². The summed E-state index contributed by atoms with van der Waals surface area (Å²) in [6.07, 6.45) is 3.91. The van der Waals surface area contributed by atoms with Gasteiger partial charge in [0, 0.05) is 18.7 Å². The summed E-state index contributed by atoms with van der Waals surface area (Å²) < 4.78 is 4.66. The fourth-order valence-corrected chi connectivity index (χ4v) is 1.50. The molecule has 0 unspecified atom stereocenters. The third-order valence-corrected chi connectivity index (χ3v) is 3.09. The van der Waals surface area contributed by atoms with Crippen LogP contribution >= 0.6 is 0 Å². The molecule has 0 amide bonds. The van der Waals surface area contributed by atoms with Gasteiger partial charge in [0.25, 0.3) is 0 Å². The van der Waals surface area contributed by atoms with E-state index in [0.29, 0.717) is 25.1 Å². The highest BCUT2D eigenvalue weighted by Gasteiger charge is 2.20. The molecule has 4 nitrogen and oxygen atoms in total. The molecule has 0 fully saturated rings. The van der Waals surface area contributed by atoms with Crippen molar-refractivity contribution < 1.29 is 14.6 Å². The maximum absolute atomic E-state index is 11.3. The van der Waals surface area contributed by atoms with Gasteiger partial charge in [-0.3, -0.25) is 0 Å². The van der Waals surface area contributed by atoms with Crippen molar-refractivity contribution in [2.24, 2.45) is 0 Å². The highest BCUT2D eigenvalue weighted by molar-refractivity contribution is 5.88. The van der Waals surface area contributed by atoms with Gasteiger partial charge in [-0.25, -0.2) is 4.79 Å². The summed E-state index contributed by atoms with van der Waals surface area (Å²) in [6.45, 7) is 6.95. The van der Waals surface area contributed by atoms with Crippen LogP contribution in [0.4, 0.5) is 0 Å². The molecule has 0 bridgehead atoms. The van der Waals surface area contributed by atoms with Gasteiger partial charge in [0.05, 0.1) is 12.7 Å². The van der Waals surface area contributed by atoms with Crippen LogP contribution in [0.5, 0.6) is 0 Å². The van der Waals surface area contributed by atoms with E-state index in [2.05, 4.69) is 10.1 Å². The van der Waals surface area contributed by atoms with E-state index in [-0.39, 0.29) is 5.97 Å². The second-order valence-electron chi connectivity index (χ2n) is 4.14. The molecular formula is C13H25NO3. The lowest BCUT2D eigenvalue weighted by atomic mass is 9.98. The van der Waals surface area contributed by atoms with Crippen LogP contribution in [0, 0.1) is 0 Å². The zero-order valence-electron chi connectivity index (χ0n) is 11.4. The number of rotatable bonds is 8. The van der Waals surface area contributed by atoms with Gasteiger partial charge in [0.15, 0.2) is 0 Å². The van der Waals surface area contributed by atoms with Gasteiger partial charge in [0.2, 0.25) is 0 Å². The van der Waals surface area contributed by atoms with E-state index >= 15 is 0 Å². The quantitative estimate of drug-likeness (QED) is 0.386. The molecule has 0 aromatic rings. The Morgan fingerprint density at radius 2 is 1.94 bits per heavy atom. The molecule has 0 heterocycles. The molecule has 100 valence electrons. The van der Waals surface area contributed by atoms with Crippen molar-refractivity contribution in [1.29, 1.82) is 0 Å². The van der Waals surface area contributed by atoms with E-state index in [9.17, 15) is 9.90 Å². The normalized spacial score (nSPS) is 12.6. The number of hydrogen-bond acceptors (Lipinski definition) is 4. The van der Waals surface area contributed by atoms with Crippen molar-refractivity contribution >= 4 is 5.97 Å². The summed E-state index contributed by atoms with van der Waals surface area (Å²) in [5.74, 6) is -0.282. The topological polar surface area (TPSA) is 58.6 Å². The third kappa shape index (κ3) is 5.84. The van der Waals surface area contributed by atoms with Gasteiger partial charge in [-0.1, -0.05) is 26.8 Å². The number of hydrogen-bond donors (Lipinski definition) is 2. The first kappa shape index (κ1) is 16.1. The molecule has 0 radical (unpaired) electrons. The standard InChI is InChI=1S/C13H25NO3/c1-5-11(12(15)17-4)8-9-14-10-13(16,6-2)7-3/h8,14,16H,5-7,9-10H2,1-4H3. The van der Waals surface area contributed by atoms with Crippen molar-refractivity contribution in [3.8, 4) is 0 Å². The molecule has 4 heteroatoms. The number of carbonyl (C=O) groups is 1. The highest BCUT2D eigenvalue weighted by atomic mass is 16.5. The maximum Gasteiger partial charge on any atom is 0.333 e. The molecule has 0 aliphatic carbocycles. The average molecular weight is 243 g/mol. The number of carbonyl (C=O) groups excluding carboxylic acids is 1. The smallest absolute Gasteiger partial charge is 0.333 e. The lowest BCUT2D eigenvalue weighted by Crippen LogP contribution is -2.39. The largest absolute Gasteiger partial charge is 0.466 e. The van der Waals surface area contributed by atoms with Gasteiger partial charge >= 0.3 is 5.97 Å². The maximum atomic E-state index is 11.3. The lowest BCUT2D eigenvalue weighted by molar-refractivity contribution is -0.136. The Morgan fingerprint density at radius 1 is 1.35 bits per heavy atom. The summed E-state index contributed by atoms with van der Waals surface area (Å²) in [5.41, 5.74) is 0.0161. The van der Waals surface area contributed by atoms with Crippen LogP contribution in [-0.2, 0) is 9.53 Å². The lowest BCUT2D eigenvalue weighted by Gasteiger charge is -2.25. The summed E-state index contributed by atoms with van der Waals surface area (Å²) in [7, 11) is 1.38. The molecule has 0 aromatic heterocycles. The van der Waals surface area contributed by atoms with Crippen LogP contribution < -0.4 is 5.32 Å². The Morgan fingerprint density at radius 3 is 2.35 bits per heavy atom. The number of ether oxygens (including phenoxy) is 1. The second-order valence-corrected chi connectivity index (χ2v) is 4.14. The first-order chi connectivity index (χ1) is 8.02. The average Bonchev–Trinajstić information content (AvgIpc) is 2.37. The Bertz CT molecular complexity index is 257. The first-order valence-corrected chi connectivity index (χ1v) is 6.23. The molecule has 0 saturated carbocycles. The fraction of sp³-hybridized carbons (Fsp3) is 0.769. The zero-order valence-corrected chi connectivity index (χ0v) is 11.4. The molecule has 17 heavy (non-hydrogen) atoms. The molecule has 0 aliphatic rings. The minimum atomic E-state index is -0.647. The van der Waals surface area contributed by atoms with Gasteiger partial charge in [-0.15, -0.1) is 0 Å². The van der Waals surface area contributed by atoms with Crippen LogP contribution in [0.2, 0.25) is 0 Å². The van der Waals surface area contributed by atoms with E-state index < -0.39 is 5.60 Å². The molecule has 0 aromatic carbocycles. The highest BCUT2D eigenvalue weighted by Crippen LogP contribution is 2.12. The van der Waals surface area contributed by atoms with Crippen LogP contribution in [-0.4, -0.2) is 36.9 Å². The summed E-state index contributed by atoms with van der Waals surface area (Å²) in [5, 5.41) is 13.2. The van der Waals surface area contributed by atoms with E-state index in [0.717, 1.165) is 12.8 Å². The van der Waals surface area contributed by atoms with E-state index in [1.165, 1.54) is 7.11 Å². The first-order valence-electron chi connectivity index (χ1n) is 6.23. The SMILES string of the molecule is CCC(=CCNCC(O)(CC)CC)C(=O)OC. The van der Waals surface area contributed by atoms with E-state index in [4.69, 9.17) is 0 Å².